The number of rotatable bonds is 13. The van der Waals surface area contributed by atoms with Crippen molar-refractivity contribution in [1.29, 1.82) is 0 Å². The minimum Gasteiger partial charge on any atom is -0.491 e. The van der Waals surface area contributed by atoms with Crippen molar-refractivity contribution < 1.29 is 33.4 Å². The number of imide groups is 2. The van der Waals surface area contributed by atoms with E-state index >= 15 is 0 Å². The minimum atomic E-state index is -1.000. The molecule has 15 heteroatoms. The predicted octanol–water partition coefficient (Wildman–Crippen LogP) is 2.31. The van der Waals surface area contributed by atoms with Crippen LogP contribution in [0, 0.1) is 0 Å². The van der Waals surface area contributed by atoms with E-state index in [4.69, 9.17) is 19.2 Å². The van der Waals surface area contributed by atoms with E-state index in [1.807, 2.05) is 19.9 Å². The number of hydrogen-bond acceptors (Lipinski definition) is 13. The molecule has 1 unspecified atom stereocenters. The van der Waals surface area contributed by atoms with Gasteiger partial charge in [0.15, 0.2) is 0 Å². The molecule has 0 aliphatic carbocycles. The van der Waals surface area contributed by atoms with E-state index in [9.17, 15) is 19.2 Å². The van der Waals surface area contributed by atoms with Gasteiger partial charge < -0.3 is 19.1 Å². The molecule has 3 saturated heterocycles. The van der Waals surface area contributed by atoms with Gasteiger partial charge in [-0.15, -0.1) is 0 Å². The molecule has 2 aromatic carbocycles. The number of piperidine rings is 1. The van der Waals surface area contributed by atoms with Crippen molar-refractivity contribution in [1.82, 2.24) is 30.0 Å². The number of hydrogen-bond donors (Lipinski definition) is 1. The normalized spacial score (nSPS) is 21.8. The predicted molar refractivity (Wildman–Crippen MR) is 202 cm³/mol. The molecule has 8 rings (SSSR count). The van der Waals surface area contributed by atoms with E-state index in [0.717, 1.165) is 79.2 Å². The first-order valence-corrected chi connectivity index (χ1v) is 19.1. The lowest BCUT2D eigenvalue weighted by molar-refractivity contribution is -0.136. The van der Waals surface area contributed by atoms with Crippen LogP contribution in [0.5, 0.6) is 11.5 Å². The summed E-state index contributed by atoms with van der Waals surface area (Å²) >= 11 is 0. The van der Waals surface area contributed by atoms with Crippen LogP contribution < -0.4 is 19.7 Å². The van der Waals surface area contributed by atoms with Crippen LogP contribution in [0.2, 0.25) is 0 Å². The number of carbonyl (C=O) groups excluding carboxylic acids is 4. The molecule has 0 radical (unpaired) electrons. The van der Waals surface area contributed by atoms with Crippen molar-refractivity contribution in [2.45, 2.75) is 64.4 Å². The van der Waals surface area contributed by atoms with E-state index < -0.39 is 29.7 Å². The zero-order valence-corrected chi connectivity index (χ0v) is 31.4. The number of nitrogens with one attached hydrogen (secondary N) is 1. The number of likely N-dealkylation sites (tertiary alicyclic amines) is 1. The van der Waals surface area contributed by atoms with Gasteiger partial charge in [0, 0.05) is 69.9 Å². The van der Waals surface area contributed by atoms with Gasteiger partial charge in [-0.25, -0.2) is 9.97 Å². The zero-order valence-electron chi connectivity index (χ0n) is 31.4. The van der Waals surface area contributed by atoms with E-state index in [0.29, 0.717) is 31.5 Å². The summed E-state index contributed by atoms with van der Waals surface area (Å²) in [5.41, 5.74) is 4.38. The van der Waals surface area contributed by atoms with Crippen molar-refractivity contribution in [2.75, 3.05) is 63.9 Å². The number of aromatic nitrogens is 2. The maximum Gasteiger partial charge on any atom is 0.262 e. The van der Waals surface area contributed by atoms with Gasteiger partial charge in [-0.1, -0.05) is 6.07 Å². The standard InChI is InChI=1S/C40H46N8O7/c1-24(2)55-28-5-4-26-19-41-37(31(26)17-28)33-18-35(43-23-42-33)47-13-12-46(25(3)20-47)11-10-45-21-29(22-45)54-15-14-53-27-6-7-30-32(16-27)40(52)48(39(30)51)34-8-9-36(49)44-38(34)50/h4-7,16-18,23-25,29,34H,8-15,19-22H2,1-3H3,(H,44,49,50)/t25-,34?/m0/s1. The Hall–Kier alpha value is -5.25. The molecule has 6 heterocycles. The molecular weight excluding hydrogens is 704 g/mol. The van der Waals surface area contributed by atoms with Crippen LogP contribution in [0.15, 0.2) is 53.8 Å². The highest BCUT2D eigenvalue weighted by Crippen LogP contribution is 2.31. The Kier molecular flexibility index (Phi) is 10.3. The topological polar surface area (TPSA) is 159 Å². The maximum atomic E-state index is 13.1. The second kappa shape index (κ2) is 15.5. The smallest absolute Gasteiger partial charge is 0.262 e. The van der Waals surface area contributed by atoms with Crippen LogP contribution in [0.3, 0.4) is 0 Å². The van der Waals surface area contributed by atoms with Crippen LogP contribution >= 0.6 is 0 Å². The molecule has 0 saturated carbocycles. The third kappa shape index (κ3) is 7.68. The number of aliphatic imine (C=N–C) groups is 1. The highest BCUT2D eigenvalue weighted by Gasteiger charge is 2.44. The van der Waals surface area contributed by atoms with Crippen molar-refractivity contribution in [3.8, 4) is 11.5 Å². The van der Waals surface area contributed by atoms with Crippen LogP contribution in [0.25, 0.3) is 0 Å². The van der Waals surface area contributed by atoms with Gasteiger partial charge in [0.05, 0.1) is 47.9 Å². The van der Waals surface area contributed by atoms with Gasteiger partial charge >= 0.3 is 0 Å². The zero-order chi connectivity index (χ0) is 38.2. The quantitative estimate of drug-likeness (QED) is 0.201. The fraction of sp³-hybridized carbons (Fsp3) is 0.475. The number of amides is 4. The summed E-state index contributed by atoms with van der Waals surface area (Å²) < 4.78 is 17.8. The number of fused-ring (bicyclic) bond motifs is 2. The molecule has 3 fully saturated rings. The summed E-state index contributed by atoms with van der Waals surface area (Å²) in [4.78, 5) is 72.1. The van der Waals surface area contributed by atoms with E-state index in [1.165, 1.54) is 11.6 Å². The molecule has 5 aliphatic heterocycles. The summed E-state index contributed by atoms with van der Waals surface area (Å²) in [5, 5.41) is 2.21. The molecule has 1 N–H and O–H groups in total. The van der Waals surface area contributed by atoms with Gasteiger partial charge in [-0.2, -0.15) is 0 Å². The molecular formula is C40H46N8O7. The lowest BCUT2D eigenvalue weighted by Crippen LogP contribution is -2.57. The van der Waals surface area contributed by atoms with Gasteiger partial charge in [0.2, 0.25) is 11.8 Å². The Morgan fingerprint density at radius 1 is 0.873 bits per heavy atom. The Morgan fingerprint density at radius 2 is 1.67 bits per heavy atom. The molecule has 288 valence electrons. The van der Waals surface area contributed by atoms with Crippen molar-refractivity contribution in [2.24, 2.45) is 4.99 Å². The molecule has 5 aliphatic rings. The summed E-state index contributed by atoms with van der Waals surface area (Å²) in [7, 11) is 0. The van der Waals surface area contributed by atoms with Crippen LogP contribution in [0.1, 0.15) is 71.1 Å². The summed E-state index contributed by atoms with van der Waals surface area (Å²) in [5.74, 6) is 0.0620. The Morgan fingerprint density at radius 3 is 2.47 bits per heavy atom. The number of carbonyl (C=O) groups is 4. The maximum absolute atomic E-state index is 13.1. The SMILES string of the molecule is CC(C)Oc1ccc2c(c1)C(c1cc(N3CCN(CCN4CC(OCCOc5ccc6c(c5)C(=O)N(C5CCC(=O)NC5=O)C6=O)C4)[C@@H](C)C3)ncn1)=NC2. The molecule has 4 amide bonds. The van der Waals surface area contributed by atoms with Crippen LogP contribution in [-0.2, 0) is 20.9 Å². The third-order valence-corrected chi connectivity index (χ3v) is 10.8. The average molecular weight is 751 g/mol. The van der Waals surface area contributed by atoms with Crippen LogP contribution in [-0.4, -0.2) is 137 Å². The number of ether oxygens (including phenoxy) is 3. The van der Waals surface area contributed by atoms with E-state index in [1.54, 1.807) is 18.5 Å². The molecule has 0 bridgehead atoms. The second-order valence-corrected chi connectivity index (χ2v) is 15.0. The number of benzene rings is 2. The van der Waals surface area contributed by atoms with Crippen LogP contribution in [0.4, 0.5) is 5.82 Å². The molecule has 2 atom stereocenters. The first-order valence-electron chi connectivity index (χ1n) is 19.1. The first-order chi connectivity index (χ1) is 26.6. The monoisotopic (exact) mass is 750 g/mol. The van der Waals surface area contributed by atoms with Crippen molar-refractivity contribution in [3.63, 3.8) is 0 Å². The highest BCUT2D eigenvalue weighted by atomic mass is 16.5. The van der Waals surface area contributed by atoms with Gasteiger partial charge in [0.25, 0.3) is 11.8 Å². The fourth-order valence-electron chi connectivity index (χ4n) is 7.91. The molecule has 0 spiro atoms. The fourth-order valence-corrected chi connectivity index (χ4v) is 7.91. The molecule has 55 heavy (non-hydrogen) atoms. The third-order valence-electron chi connectivity index (χ3n) is 10.8. The number of anilines is 1. The molecule has 15 nitrogen and oxygen atoms in total. The Balaban J connectivity index is 0.747. The van der Waals surface area contributed by atoms with E-state index in [-0.39, 0.29) is 36.2 Å². The lowest BCUT2D eigenvalue weighted by atomic mass is 10.0. The molecule has 1 aromatic heterocycles. The van der Waals surface area contributed by atoms with Crippen molar-refractivity contribution >= 4 is 35.2 Å². The summed E-state index contributed by atoms with van der Waals surface area (Å²) in [6, 6.07) is 12.3. The summed E-state index contributed by atoms with van der Waals surface area (Å²) in [6.07, 6.45) is 2.06. The average Bonchev–Trinajstić information content (AvgIpc) is 3.68. The number of piperazine rings is 1. The van der Waals surface area contributed by atoms with Crippen molar-refractivity contribution in [3.05, 3.63) is 76.7 Å². The van der Waals surface area contributed by atoms with Gasteiger partial charge in [-0.3, -0.25) is 44.2 Å². The highest BCUT2D eigenvalue weighted by molar-refractivity contribution is 6.23. The largest absolute Gasteiger partial charge is 0.491 e. The minimum absolute atomic E-state index is 0.0747. The summed E-state index contributed by atoms with van der Waals surface area (Å²) in [6.45, 7) is 14.0. The Labute approximate surface area is 319 Å². The number of nitrogens with zero attached hydrogens (tertiary/aromatic N) is 7. The second-order valence-electron chi connectivity index (χ2n) is 15.0. The van der Waals surface area contributed by atoms with E-state index in [2.05, 4.69) is 55.1 Å². The van der Waals surface area contributed by atoms with Gasteiger partial charge in [0.1, 0.15) is 36.3 Å². The lowest BCUT2D eigenvalue weighted by Gasteiger charge is -2.43. The molecule has 3 aromatic rings. The first kappa shape index (κ1) is 36.7. The van der Waals surface area contributed by atoms with Gasteiger partial charge in [-0.05, 0) is 63.1 Å². The Bertz CT molecular complexity index is 2030.